The largest absolute Gasteiger partial charge is 0.313 e. The molecule has 1 heterocycles. The van der Waals surface area contributed by atoms with Gasteiger partial charge in [0.15, 0.2) is 0 Å². The van der Waals surface area contributed by atoms with Crippen molar-refractivity contribution >= 4 is 0 Å². The van der Waals surface area contributed by atoms with E-state index in [1.165, 1.54) is 32.1 Å². The van der Waals surface area contributed by atoms with Gasteiger partial charge in [-0.05, 0) is 31.4 Å². The third kappa shape index (κ3) is 2.82. The summed E-state index contributed by atoms with van der Waals surface area (Å²) in [6.45, 7) is 3.37. The highest BCUT2D eigenvalue weighted by Crippen LogP contribution is 2.17. The summed E-state index contributed by atoms with van der Waals surface area (Å²) < 4.78 is 0. The SMILES string of the molecule is C1=C(CNC2CCCC2)CNCC1. The van der Waals surface area contributed by atoms with Crippen LogP contribution in [-0.4, -0.2) is 25.7 Å². The van der Waals surface area contributed by atoms with Gasteiger partial charge in [-0.3, -0.25) is 0 Å². The minimum absolute atomic E-state index is 0.808. The zero-order valence-corrected chi connectivity index (χ0v) is 8.31. The second kappa shape index (κ2) is 4.77. The number of hydrogen-bond donors (Lipinski definition) is 2. The summed E-state index contributed by atoms with van der Waals surface area (Å²) in [5.74, 6) is 0. The topological polar surface area (TPSA) is 24.1 Å². The first-order valence-electron chi connectivity index (χ1n) is 5.57. The number of rotatable bonds is 3. The molecule has 1 aliphatic heterocycles. The fourth-order valence-electron chi connectivity index (χ4n) is 2.24. The summed E-state index contributed by atoms with van der Waals surface area (Å²) >= 11 is 0. The Morgan fingerprint density at radius 2 is 2.23 bits per heavy atom. The first-order valence-corrected chi connectivity index (χ1v) is 5.57. The molecule has 74 valence electrons. The molecule has 1 saturated carbocycles. The van der Waals surface area contributed by atoms with Crippen molar-refractivity contribution in [3.05, 3.63) is 11.6 Å². The smallest absolute Gasteiger partial charge is 0.0179 e. The van der Waals surface area contributed by atoms with Crippen molar-refractivity contribution in [1.29, 1.82) is 0 Å². The zero-order valence-electron chi connectivity index (χ0n) is 8.31. The van der Waals surface area contributed by atoms with E-state index in [0.717, 1.165) is 25.7 Å². The van der Waals surface area contributed by atoms with E-state index < -0.39 is 0 Å². The van der Waals surface area contributed by atoms with E-state index in [-0.39, 0.29) is 0 Å². The molecule has 13 heavy (non-hydrogen) atoms. The Balaban J connectivity index is 1.68. The summed E-state index contributed by atoms with van der Waals surface area (Å²) in [5, 5.41) is 7.04. The number of hydrogen-bond acceptors (Lipinski definition) is 2. The average Bonchev–Trinajstić information content (AvgIpc) is 2.69. The second-order valence-corrected chi connectivity index (χ2v) is 4.19. The molecular formula is C11H20N2. The molecule has 0 amide bonds. The van der Waals surface area contributed by atoms with Crippen LogP contribution in [0.2, 0.25) is 0 Å². The summed E-state index contributed by atoms with van der Waals surface area (Å²) in [5.41, 5.74) is 1.55. The van der Waals surface area contributed by atoms with Crippen molar-refractivity contribution < 1.29 is 0 Å². The molecule has 0 bridgehead atoms. The van der Waals surface area contributed by atoms with E-state index in [2.05, 4.69) is 16.7 Å². The Kier molecular flexibility index (Phi) is 3.39. The highest BCUT2D eigenvalue weighted by molar-refractivity contribution is 5.09. The lowest BCUT2D eigenvalue weighted by atomic mass is 10.1. The first-order chi connectivity index (χ1) is 6.45. The van der Waals surface area contributed by atoms with Crippen LogP contribution in [0.15, 0.2) is 11.6 Å². The predicted molar refractivity (Wildman–Crippen MR) is 55.8 cm³/mol. The molecule has 2 aliphatic rings. The van der Waals surface area contributed by atoms with E-state index in [9.17, 15) is 0 Å². The fraction of sp³-hybridized carbons (Fsp3) is 0.818. The standard InChI is InChI=1S/C11H20N2/c1-2-6-11(5-1)13-9-10-4-3-7-12-8-10/h4,11-13H,1-3,5-9H2. The van der Waals surface area contributed by atoms with E-state index in [0.29, 0.717) is 0 Å². The minimum Gasteiger partial charge on any atom is -0.313 e. The minimum atomic E-state index is 0.808. The van der Waals surface area contributed by atoms with Gasteiger partial charge in [-0.25, -0.2) is 0 Å². The summed E-state index contributed by atoms with van der Waals surface area (Å²) in [6, 6.07) is 0.808. The van der Waals surface area contributed by atoms with Gasteiger partial charge in [0.2, 0.25) is 0 Å². The lowest BCUT2D eigenvalue weighted by Gasteiger charge is -2.17. The van der Waals surface area contributed by atoms with Crippen LogP contribution in [0.5, 0.6) is 0 Å². The molecule has 1 fully saturated rings. The van der Waals surface area contributed by atoms with E-state index >= 15 is 0 Å². The van der Waals surface area contributed by atoms with E-state index in [4.69, 9.17) is 0 Å². The van der Waals surface area contributed by atoms with Gasteiger partial charge < -0.3 is 10.6 Å². The highest BCUT2D eigenvalue weighted by atomic mass is 14.9. The maximum Gasteiger partial charge on any atom is 0.0179 e. The molecule has 2 heteroatoms. The molecule has 0 aromatic carbocycles. The van der Waals surface area contributed by atoms with Crippen LogP contribution in [0, 0.1) is 0 Å². The average molecular weight is 180 g/mol. The monoisotopic (exact) mass is 180 g/mol. The van der Waals surface area contributed by atoms with Crippen molar-refractivity contribution in [3.8, 4) is 0 Å². The molecule has 2 nitrogen and oxygen atoms in total. The molecule has 2 N–H and O–H groups in total. The van der Waals surface area contributed by atoms with Gasteiger partial charge in [0, 0.05) is 19.1 Å². The van der Waals surface area contributed by atoms with Crippen molar-refractivity contribution in [1.82, 2.24) is 10.6 Å². The van der Waals surface area contributed by atoms with Gasteiger partial charge in [-0.15, -0.1) is 0 Å². The van der Waals surface area contributed by atoms with Crippen molar-refractivity contribution in [3.63, 3.8) is 0 Å². The van der Waals surface area contributed by atoms with Crippen LogP contribution >= 0.6 is 0 Å². The molecular weight excluding hydrogens is 160 g/mol. The van der Waals surface area contributed by atoms with Crippen LogP contribution < -0.4 is 10.6 Å². The lowest BCUT2D eigenvalue weighted by molar-refractivity contribution is 0.537. The maximum absolute atomic E-state index is 3.64. The highest BCUT2D eigenvalue weighted by Gasteiger charge is 2.14. The maximum atomic E-state index is 3.64. The van der Waals surface area contributed by atoms with Crippen molar-refractivity contribution in [2.24, 2.45) is 0 Å². The Morgan fingerprint density at radius 3 is 2.92 bits per heavy atom. The Bertz CT molecular complexity index is 181. The molecule has 0 saturated heterocycles. The lowest BCUT2D eigenvalue weighted by Crippen LogP contribution is -2.32. The van der Waals surface area contributed by atoms with Gasteiger partial charge in [0.05, 0.1) is 0 Å². The van der Waals surface area contributed by atoms with Crippen molar-refractivity contribution in [2.75, 3.05) is 19.6 Å². The van der Waals surface area contributed by atoms with Crippen LogP contribution in [-0.2, 0) is 0 Å². The molecule has 1 aliphatic carbocycles. The molecule has 0 radical (unpaired) electrons. The second-order valence-electron chi connectivity index (χ2n) is 4.19. The van der Waals surface area contributed by atoms with Crippen LogP contribution in [0.1, 0.15) is 32.1 Å². The summed E-state index contributed by atoms with van der Waals surface area (Å²) in [6.07, 6.45) is 9.23. The van der Waals surface area contributed by atoms with Gasteiger partial charge in [-0.2, -0.15) is 0 Å². The van der Waals surface area contributed by atoms with Crippen LogP contribution in [0.25, 0.3) is 0 Å². The van der Waals surface area contributed by atoms with Gasteiger partial charge in [-0.1, -0.05) is 18.9 Å². The predicted octanol–water partition coefficient (Wildman–Crippen LogP) is 1.44. The first kappa shape index (κ1) is 9.22. The summed E-state index contributed by atoms with van der Waals surface area (Å²) in [4.78, 5) is 0. The third-order valence-electron chi connectivity index (χ3n) is 3.08. The van der Waals surface area contributed by atoms with E-state index in [1.807, 2.05) is 0 Å². The quantitative estimate of drug-likeness (QED) is 0.642. The fourth-order valence-corrected chi connectivity index (χ4v) is 2.24. The zero-order chi connectivity index (χ0) is 8.93. The molecule has 0 spiro atoms. The van der Waals surface area contributed by atoms with Crippen LogP contribution in [0.3, 0.4) is 0 Å². The van der Waals surface area contributed by atoms with Gasteiger partial charge in [0.25, 0.3) is 0 Å². The normalized spacial score (nSPS) is 24.8. The molecule has 0 unspecified atom stereocenters. The van der Waals surface area contributed by atoms with Crippen molar-refractivity contribution in [2.45, 2.75) is 38.1 Å². The molecule has 0 aromatic heterocycles. The summed E-state index contributed by atoms with van der Waals surface area (Å²) in [7, 11) is 0. The van der Waals surface area contributed by atoms with Gasteiger partial charge >= 0.3 is 0 Å². The Morgan fingerprint density at radius 1 is 1.38 bits per heavy atom. The van der Waals surface area contributed by atoms with E-state index in [1.54, 1.807) is 5.57 Å². The Labute approximate surface area is 80.8 Å². The third-order valence-corrected chi connectivity index (χ3v) is 3.08. The van der Waals surface area contributed by atoms with Crippen LogP contribution in [0.4, 0.5) is 0 Å². The molecule has 0 atom stereocenters. The Hall–Kier alpha value is -0.340. The number of nitrogens with one attached hydrogen (secondary N) is 2. The molecule has 0 aromatic rings. The van der Waals surface area contributed by atoms with Gasteiger partial charge in [0.1, 0.15) is 0 Å². The molecule has 2 rings (SSSR count).